The zero-order chi connectivity index (χ0) is 10.3. The quantitative estimate of drug-likeness (QED) is 0.624. The van der Waals surface area contributed by atoms with Crippen LogP contribution in [0.1, 0.15) is 6.42 Å². The van der Waals surface area contributed by atoms with Crippen molar-refractivity contribution in [3.05, 3.63) is 0 Å². The second-order valence-corrected chi connectivity index (χ2v) is 5.56. The van der Waals surface area contributed by atoms with Crippen LogP contribution < -0.4 is 4.72 Å². The molecule has 0 aromatic rings. The summed E-state index contributed by atoms with van der Waals surface area (Å²) in [4.78, 5) is 0. The van der Waals surface area contributed by atoms with E-state index in [0.717, 1.165) is 0 Å². The molecule has 0 amide bonds. The monoisotopic (exact) mass is 275 g/mol. The van der Waals surface area contributed by atoms with Gasteiger partial charge in [0.25, 0.3) is 0 Å². The lowest BCUT2D eigenvalue weighted by molar-refractivity contribution is 0.158. The van der Waals surface area contributed by atoms with Crippen LogP contribution in [0.15, 0.2) is 0 Å². The number of rotatable bonds is 7. The van der Waals surface area contributed by atoms with Gasteiger partial charge in [0.15, 0.2) is 0 Å². The van der Waals surface area contributed by atoms with Crippen LogP contribution in [0.3, 0.4) is 0 Å². The minimum atomic E-state index is -3.29. The maximum atomic E-state index is 11.1. The van der Waals surface area contributed by atoms with Crippen LogP contribution in [0, 0.1) is 0 Å². The molecule has 2 N–H and O–H groups in total. The van der Waals surface area contributed by atoms with Gasteiger partial charge in [-0.3, -0.25) is 0 Å². The van der Waals surface area contributed by atoms with Crippen molar-refractivity contribution in [2.75, 3.05) is 25.0 Å². The lowest BCUT2D eigenvalue weighted by Crippen LogP contribution is -2.39. The van der Waals surface area contributed by atoms with Gasteiger partial charge in [0, 0.05) is 19.8 Å². The summed E-state index contributed by atoms with van der Waals surface area (Å²) in [5, 5.41) is 8.63. The Labute approximate surface area is 86.6 Å². The molecule has 0 spiro atoms. The third kappa shape index (κ3) is 6.39. The Morgan fingerprint density at radius 1 is 1.62 bits per heavy atom. The van der Waals surface area contributed by atoms with Crippen LogP contribution in [0.25, 0.3) is 0 Å². The Morgan fingerprint density at radius 2 is 2.23 bits per heavy atom. The highest BCUT2D eigenvalue weighted by atomic mass is 79.9. The Bertz CT molecular complexity index is 213. The van der Waals surface area contributed by atoms with Crippen LogP contribution >= 0.6 is 15.9 Å². The largest absolute Gasteiger partial charge is 0.396 e. The predicted octanol–water partition coefficient (Wildman–Crippen LogP) is -0.344. The number of alkyl halides is 1. The van der Waals surface area contributed by atoms with E-state index in [1.165, 1.54) is 7.11 Å². The highest BCUT2D eigenvalue weighted by Crippen LogP contribution is 1.98. The molecule has 5 nitrogen and oxygen atoms in total. The van der Waals surface area contributed by atoms with Gasteiger partial charge in [-0.05, 0) is 6.42 Å². The molecule has 0 heterocycles. The van der Waals surface area contributed by atoms with Crippen molar-refractivity contribution in [2.45, 2.75) is 12.5 Å². The molecule has 7 heteroatoms. The highest BCUT2D eigenvalue weighted by Gasteiger charge is 2.15. The van der Waals surface area contributed by atoms with Crippen LogP contribution in [-0.4, -0.2) is 44.6 Å². The molecule has 1 atom stereocenters. The van der Waals surface area contributed by atoms with Gasteiger partial charge in [0.05, 0.1) is 6.61 Å². The lowest BCUT2D eigenvalue weighted by Gasteiger charge is -2.15. The van der Waals surface area contributed by atoms with Crippen molar-refractivity contribution >= 4 is 26.0 Å². The SMILES string of the molecule is COCC(CCO)NS(=O)(=O)CBr. The van der Waals surface area contributed by atoms with Crippen LogP contribution in [-0.2, 0) is 14.8 Å². The lowest BCUT2D eigenvalue weighted by atomic mass is 10.2. The number of hydrogen-bond acceptors (Lipinski definition) is 4. The summed E-state index contributed by atoms with van der Waals surface area (Å²) >= 11 is 2.85. The summed E-state index contributed by atoms with van der Waals surface area (Å²) in [6.45, 7) is 0.186. The third-order valence-electron chi connectivity index (χ3n) is 1.34. The number of aliphatic hydroxyl groups excluding tert-OH is 1. The summed E-state index contributed by atoms with van der Waals surface area (Å²) in [7, 11) is -1.81. The molecule has 0 aliphatic carbocycles. The Balaban J connectivity index is 4.08. The van der Waals surface area contributed by atoms with Gasteiger partial charge in [-0.25, -0.2) is 13.1 Å². The fraction of sp³-hybridized carbons (Fsp3) is 1.00. The van der Waals surface area contributed by atoms with Crippen LogP contribution in [0.2, 0.25) is 0 Å². The van der Waals surface area contributed by atoms with E-state index in [-0.39, 0.29) is 23.9 Å². The highest BCUT2D eigenvalue weighted by molar-refractivity contribution is 9.10. The predicted molar refractivity (Wildman–Crippen MR) is 53.2 cm³/mol. The molecular formula is C6H14BrNO4S. The second kappa shape index (κ2) is 6.72. The van der Waals surface area contributed by atoms with Gasteiger partial charge in [-0.2, -0.15) is 0 Å². The first-order valence-electron chi connectivity index (χ1n) is 3.71. The van der Waals surface area contributed by atoms with Crippen molar-refractivity contribution in [3.63, 3.8) is 0 Å². The van der Waals surface area contributed by atoms with E-state index in [1.807, 2.05) is 0 Å². The average molecular weight is 276 g/mol. The van der Waals surface area contributed by atoms with E-state index < -0.39 is 10.0 Å². The standard InChI is InChI=1S/C6H14BrNO4S/c1-12-4-6(2-3-9)8-13(10,11)5-7/h6,8-9H,2-5H2,1H3. The molecular weight excluding hydrogens is 262 g/mol. The molecule has 0 radical (unpaired) electrons. The molecule has 1 unspecified atom stereocenters. The maximum Gasteiger partial charge on any atom is 0.221 e. The molecule has 0 aliphatic heterocycles. The van der Waals surface area contributed by atoms with Gasteiger partial charge >= 0.3 is 0 Å². The zero-order valence-corrected chi connectivity index (χ0v) is 9.77. The normalized spacial score (nSPS) is 14.4. The summed E-state index contributed by atoms with van der Waals surface area (Å²) in [6.07, 6.45) is 0.347. The number of nitrogens with one attached hydrogen (secondary N) is 1. The third-order valence-corrected chi connectivity index (χ3v) is 4.12. The smallest absolute Gasteiger partial charge is 0.221 e. The maximum absolute atomic E-state index is 11.1. The van der Waals surface area contributed by atoms with E-state index >= 15 is 0 Å². The number of methoxy groups -OCH3 is 1. The summed E-state index contributed by atoms with van der Waals surface area (Å²) < 4.78 is 29.2. The van der Waals surface area contributed by atoms with Crippen molar-refractivity contribution in [1.29, 1.82) is 0 Å². The number of ether oxygens (including phenoxy) is 1. The fourth-order valence-electron chi connectivity index (χ4n) is 0.819. The average Bonchev–Trinajstić information content (AvgIpc) is 2.05. The second-order valence-electron chi connectivity index (χ2n) is 2.51. The van der Waals surface area contributed by atoms with Gasteiger partial charge in [0.1, 0.15) is 4.66 Å². The molecule has 0 rings (SSSR count). The Morgan fingerprint density at radius 3 is 2.62 bits per heavy atom. The van der Waals surface area contributed by atoms with Crippen molar-refractivity contribution in [2.24, 2.45) is 0 Å². The molecule has 13 heavy (non-hydrogen) atoms. The van der Waals surface area contributed by atoms with E-state index in [4.69, 9.17) is 9.84 Å². The molecule has 0 aromatic carbocycles. The number of halogens is 1. The molecule has 0 bridgehead atoms. The summed E-state index contributed by atoms with van der Waals surface area (Å²) in [5.41, 5.74) is 0. The van der Waals surface area contributed by atoms with Gasteiger partial charge in [-0.1, -0.05) is 15.9 Å². The first-order valence-corrected chi connectivity index (χ1v) is 6.49. The zero-order valence-electron chi connectivity index (χ0n) is 7.36. The van der Waals surface area contributed by atoms with Gasteiger partial charge in [0.2, 0.25) is 10.0 Å². The Hall–Kier alpha value is 0.310. The van der Waals surface area contributed by atoms with Crippen molar-refractivity contribution in [3.8, 4) is 0 Å². The first-order chi connectivity index (χ1) is 6.05. The van der Waals surface area contributed by atoms with Crippen LogP contribution in [0.4, 0.5) is 0 Å². The van der Waals surface area contributed by atoms with E-state index in [2.05, 4.69) is 20.7 Å². The van der Waals surface area contributed by atoms with E-state index in [9.17, 15) is 8.42 Å². The molecule has 0 aliphatic rings. The molecule has 0 saturated heterocycles. The minimum Gasteiger partial charge on any atom is -0.396 e. The van der Waals surface area contributed by atoms with Crippen molar-refractivity contribution < 1.29 is 18.3 Å². The number of sulfonamides is 1. The summed E-state index contributed by atoms with van der Waals surface area (Å²) in [5.74, 6) is 0. The Kier molecular flexibility index (Phi) is 6.88. The first kappa shape index (κ1) is 13.3. The van der Waals surface area contributed by atoms with E-state index in [1.54, 1.807) is 0 Å². The topological polar surface area (TPSA) is 75.6 Å². The fourth-order valence-corrected chi connectivity index (χ4v) is 1.97. The molecule has 0 aromatic heterocycles. The van der Waals surface area contributed by atoms with Gasteiger partial charge in [-0.15, -0.1) is 0 Å². The van der Waals surface area contributed by atoms with Crippen LogP contribution in [0.5, 0.6) is 0 Å². The van der Waals surface area contributed by atoms with Crippen molar-refractivity contribution in [1.82, 2.24) is 4.72 Å². The van der Waals surface area contributed by atoms with Gasteiger partial charge < -0.3 is 9.84 Å². The molecule has 0 saturated carbocycles. The molecule has 0 fully saturated rings. The molecule has 80 valence electrons. The van der Waals surface area contributed by atoms with E-state index in [0.29, 0.717) is 6.42 Å². The minimum absolute atomic E-state index is 0.0706. The number of hydrogen-bond donors (Lipinski definition) is 2. The number of aliphatic hydroxyl groups is 1. The summed E-state index contributed by atoms with van der Waals surface area (Å²) in [6, 6.07) is -0.363.